The Morgan fingerprint density at radius 2 is 1.90 bits per heavy atom. The van der Waals surface area contributed by atoms with Crippen molar-refractivity contribution in [1.82, 2.24) is 0 Å². The molecular weight excluding hydrogens is 291 g/mol. The molecule has 20 heavy (non-hydrogen) atoms. The second-order valence-corrected chi connectivity index (χ2v) is 4.42. The molecule has 0 saturated heterocycles. The molecule has 0 heterocycles. The zero-order valence-corrected chi connectivity index (χ0v) is 14.3. The van der Waals surface area contributed by atoms with E-state index in [2.05, 4.69) is 11.3 Å². The Balaban J connectivity index is 0. The van der Waals surface area contributed by atoms with E-state index in [1.54, 1.807) is 31.2 Å². The molecule has 0 saturated carbocycles. The van der Waals surface area contributed by atoms with Crippen molar-refractivity contribution in [3.63, 3.8) is 0 Å². The Morgan fingerprint density at radius 3 is 2.25 bits per heavy atom. The van der Waals surface area contributed by atoms with Crippen LogP contribution in [0.3, 0.4) is 0 Å². The first-order valence-corrected chi connectivity index (χ1v) is 6.84. The summed E-state index contributed by atoms with van der Waals surface area (Å²) in [6.07, 6.45) is 2.41. The van der Waals surface area contributed by atoms with Gasteiger partial charge in [-0.2, -0.15) is 0 Å². The third kappa shape index (κ3) is 13.5. The van der Waals surface area contributed by atoms with Gasteiger partial charge in [0, 0.05) is 11.5 Å². The van der Waals surface area contributed by atoms with E-state index in [4.69, 9.17) is 0 Å². The predicted octanol–water partition coefficient (Wildman–Crippen LogP) is -1.06. The van der Waals surface area contributed by atoms with Gasteiger partial charge in [0.25, 0.3) is 0 Å². The molecule has 1 aromatic carbocycles. The van der Waals surface area contributed by atoms with Crippen molar-refractivity contribution in [2.45, 2.75) is 6.92 Å². The minimum Gasteiger partial charge on any atom is -0.744 e. The number of hydrogen-bond donors (Lipinski definition) is 0. The molecule has 0 bridgehead atoms. The summed E-state index contributed by atoms with van der Waals surface area (Å²) in [4.78, 5) is 10.1. The molecule has 0 fully saturated rings. The van der Waals surface area contributed by atoms with Gasteiger partial charge in [-0.25, -0.2) is 13.2 Å². The number of hydrogen-bond acceptors (Lipinski definition) is 5. The van der Waals surface area contributed by atoms with Crippen molar-refractivity contribution in [2.75, 3.05) is 6.61 Å². The minimum absolute atomic E-state index is 0. The summed E-state index contributed by atoms with van der Waals surface area (Å²) in [5.41, 5.74) is 0.692. The van der Waals surface area contributed by atoms with Gasteiger partial charge in [0.05, 0.1) is 6.61 Å². The number of rotatable bonds is 4. The number of ether oxygens (including phenoxy) is 1. The fourth-order valence-corrected chi connectivity index (χ4v) is 1.25. The Labute approximate surface area is 141 Å². The van der Waals surface area contributed by atoms with Crippen LogP contribution in [-0.2, 0) is 19.6 Å². The van der Waals surface area contributed by atoms with Crippen LogP contribution in [0.15, 0.2) is 48.4 Å². The van der Waals surface area contributed by atoms with Gasteiger partial charge in [-0.1, -0.05) is 36.9 Å². The van der Waals surface area contributed by atoms with Crippen LogP contribution < -0.4 is 29.6 Å². The predicted molar refractivity (Wildman–Crippen MR) is 72.0 cm³/mol. The van der Waals surface area contributed by atoms with Crippen molar-refractivity contribution >= 4 is 22.2 Å². The first-order chi connectivity index (χ1) is 8.89. The molecule has 0 aliphatic carbocycles. The van der Waals surface area contributed by atoms with E-state index in [0.29, 0.717) is 17.6 Å². The summed E-state index contributed by atoms with van der Waals surface area (Å²) >= 11 is 0. The second-order valence-electron chi connectivity index (χ2n) is 3.16. The molecule has 0 aromatic heterocycles. The number of carbonyl (C=O) groups excluding carboxylic acids is 1. The van der Waals surface area contributed by atoms with Gasteiger partial charge in [0.15, 0.2) is 0 Å². The van der Waals surface area contributed by atoms with Gasteiger partial charge in [0.2, 0.25) is 0 Å². The zero-order chi connectivity index (χ0) is 14.7. The molecule has 0 spiro atoms. The van der Waals surface area contributed by atoms with Crippen LogP contribution in [0.1, 0.15) is 12.5 Å². The Kier molecular flexibility index (Phi) is 12.7. The molecule has 5 nitrogen and oxygen atoms in total. The molecule has 1 aromatic rings. The molecule has 0 atom stereocenters. The maximum atomic E-state index is 10.2. The van der Waals surface area contributed by atoms with Gasteiger partial charge in [-0.15, -0.1) is 0 Å². The van der Waals surface area contributed by atoms with E-state index in [9.17, 15) is 17.8 Å². The average molecular weight is 306 g/mol. The van der Waals surface area contributed by atoms with Crippen LogP contribution in [-0.4, -0.2) is 25.5 Å². The summed E-state index contributed by atoms with van der Waals surface area (Å²) in [6, 6.07) is 8.75. The van der Waals surface area contributed by atoms with Crippen LogP contribution in [0.2, 0.25) is 0 Å². The van der Waals surface area contributed by atoms with Crippen LogP contribution in [0, 0.1) is 0 Å². The van der Waals surface area contributed by atoms with E-state index in [0.717, 1.165) is 6.08 Å². The molecule has 104 valence electrons. The summed E-state index contributed by atoms with van der Waals surface area (Å²) in [5.74, 6) is -0.359. The van der Waals surface area contributed by atoms with Crippen molar-refractivity contribution in [1.29, 1.82) is 0 Å². The number of carbonyl (C=O) groups is 1. The summed E-state index contributed by atoms with van der Waals surface area (Å²) in [5, 5.41) is 0.641. The van der Waals surface area contributed by atoms with Crippen molar-refractivity contribution < 1.29 is 52.1 Å². The fraction of sp³-hybridized carbons (Fsp3) is 0.154. The molecule has 0 radical (unpaired) electrons. The van der Waals surface area contributed by atoms with Crippen LogP contribution in [0.5, 0.6) is 0 Å². The molecule has 0 N–H and O–H groups in total. The monoisotopic (exact) mass is 306 g/mol. The second kappa shape index (κ2) is 11.9. The third-order valence-electron chi connectivity index (χ3n) is 1.68. The fourth-order valence-electron chi connectivity index (χ4n) is 0.927. The third-order valence-corrected chi connectivity index (χ3v) is 2.15. The van der Waals surface area contributed by atoms with Gasteiger partial charge in [-0.05, 0) is 18.6 Å². The summed E-state index contributed by atoms with van der Waals surface area (Å²) in [6.45, 7) is 5.38. The normalized spacial score (nSPS) is 9.90. The van der Waals surface area contributed by atoms with E-state index in [-0.39, 0.29) is 35.5 Å². The van der Waals surface area contributed by atoms with Crippen LogP contribution in [0.25, 0.3) is 6.08 Å². The van der Waals surface area contributed by atoms with E-state index in [1.807, 2.05) is 6.07 Å². The Morgan fingerprint density at radius 1 is 1.35 bits per heavy atom. The van der Waals surface area contributed by atoms with Crippen LogP contribution >= 0.6 is 0 Å². The maximum Gasteiger partial charge on any atom is 1.00 e. The molecule has 0 aliphatic rings. The van der Waals surface area contributed by atoms with Gasteiger partial charge >= 0.3 is 35.5 Å². The summed E-state index contributed by atoms with van der Waals surface area (Å²) in [7, 11) is -4.25. The first kappa shape index (κ1) is 21.4. The number of esters is 1. The van der Waals surface area contributed by atoms with Gasteiger partial charge in [0.1, 0.15) is 10.1 Å². The number of benzene rings is 1. The molecular formula is C13H15NaO5S. The molecule has 7 heteroatoms. The van der Waals surface area contributed by atoms with Gasteiger partial charge < -0.3 is 9.29 Å². The molecule has 0 unspecified atom stereocenters. The SMILES string of the molecule is C=CC(=O)OCC.O=S(=O)([O-])C=Cc1ccccc1.[Na+]. The van der Waals surface area contributed by atoms with E-state index < -0.39 is 10.1 Å². The van der Waals surface area contributed by atoms with Crippen molar-refractivity contribution in [3.05, 3.63) is 54.0 Å². The zero-order valence-electron chi connectivity index (χ0n) is 11.5. The van der Waals surface area contributed by atoms with E-state index in [1.165, 1.54) is 6.08 Å². The largest absolute Gasteiger partial charge is 1.00 e. The quantitative estimate of drug-likeness (QED) is 0.306. The Bertz CT molecular complexity index is 523. The van der Waals surface area contributed by atoms with Crippen molar-refractivity contribution in [2.24, 2.45) is 0 Å². The molecule has 1 rings (SSSR count). The minimum atomic E-state index is -4.25. The van der Waals surface area contributed by atoms with Crippen LogP contribution in [0.4, 0.5) is 0 Å². The Hall–Kier alpha value is -0.920. The molecule has 0 aliphatic heterocycles. The van der Waals surface area contributed by atoms with E-state index >= 15 is 0 Å². The summed E-state index contributed by atoms with van der Waals surface area (Å²) < 4.78 is 34.9. The standard InChI is InChI=1S/C8H8O3S.C5H8O2.Na/c9-12(10,11)7-6-8-4-2-1-3-5-8;1-3-5(6)7-4-2;/h1-7H,(H,9,10,11);3H,1,4H2,2H3;/q;;+1/p-1. The average Bonchev–Trinajstić information content (AvgIpc) is 2.38. The van der Waals surface area contributed by atoms with Crippen molar-refractivity contribution in [3.8, 4) is 0 Å². The first-order valence-electron chi connectivity index (χ1n) is 5.37. The topological polar surface area (TPSA) is 83.5 Å². The molecule has 0 amide bonds. The smallest absolute Gasteiger partial charge is 0.744 e. The maximum absolute atomic E-state index is 10.2. The van der Waals surface area contributed by atoms with Gasteiger partial charge in [-0.3, -0.25) is 0 Å².